The Morgan fingerprint density at radius 3 is 2.78 bits per heavy atom. The molecule has 6 nitrogen and oxygen atoms in total. The predicted octanol–water partition coefficient (Wildman–Crippen LogP) is 3.28. The van der Waals surface area contributed by atoms with Gasteiger partial charge in [-0.1, -0.05) is 12.1 Å². The van der Waals surface area contributed by atoms with Gasteiger partial charge in [-0.3, -0.25) is 4.79 Å². The van der Waals surface area contributed by atoms with Gasteiger partial charge in [0.2, 0.25) is 11.8 Å². The third kappa shape index (κ3) is 6.25. The fourth-order valence-electron chi connectivity index (χ4n) is 3.16. The first kappa shape index (κ1) is 19.2. The zero-order valence-corrected chi connectivity index (χ0v) is 15.7. The molecule has 0 radical (unpaired) electrons. The van der Waals surface area contributed by atoms with Crippen molar-refractivity contribution in [2.45, 2.75) is 32.2 Å². The average molecular weight is 369 g/mol. The first-order chi connectivity index (χ1) is 13.2. The topological polar surface area (TPSA) is 72.5 Å². The molecule has 2 aromatic rings. The molecule has 2 heterocycles. The highest BCUT2D eigenvalue weighted by atomic mass is 16.5. The van der Waals surface area contributed by atoms with Crippen molar-refractivity contribution in [3.63, 3.8) is 0 Å². The van der Waals surface area contributed by atoms with Crippen LogP contribution in [0.5, 0.6) is 17.4 Å². The number of pyridine rings is 1. The van der Waals surface area contributed by atoms with E-state index in [4.69, 9.17) is 9.47 Å². The highest BCUT2D eigenvalue weighted by molar-refractivity contribution is 5.75. The lowest BCUT2D eigenvalue weighted by atomic mass is 9.93. The third-order valence-corrected chi connectivity index (χ3v) is 4.79. The van der Waals surface area contributed by atoms with Crippen LogP contribution in [0.2, 0.25) is 0 Å². The molecule has 1 fully saturated rings. The van der Waals surface area contributed by atoms with E-state index in [0.717, 1.165) is 30.8 Å². The minimum atomic E-state index is 0.102. The summed E-state index contributed by atoms with van der Waals surface area (Å²) in [6.07, 6.45) is 5.63. The van der Waals surface area contributed by atoms with Gasteiger partial charge in [-0.2, -0.15) is 0 Å². The van der Waals surface area contributed by atoms with Gasteiger partial charge in [0.05, 0.1) is 7.11 Å². The van der Waals surface area contributed by atoms with E-state index in [2.05, 4.69) is 15.6 Å². The number of aromatic nitrogens is 1. The van der Waals surface area contributed by atoms with Crippen LogP contribution < -0.4 is 20.1 Å². The zero-order chi connectivity index (χ0) is 18.9. The second-order valence-electron chi connectivity index (χ2n) is 6.79. The molecule has 1 aliphatic rings. The van der Waals surface area contributed by atoms with Crippen molar-refractivity contribution in [2.24, 2.45) is 5.92 Å². The Hall–Kier alpha value is -2.60. The maximum absolute atomic E-state index is 12.0. The molecule has 3 rings (SSSR count). The van der Waals surface area contributed by atoms with E-state index in [0.29, 0.717) is 30.5 Å². The fraction of sp³-hybridized carbons (Fsp3) is 0.429. The molecule has 144 valence electrons. The number of carbonyl (C=O) groups is 1. The molecular weight excluding hydrogens is 342 g/mol. The van der Waals surface area contributed by atoms with Crippen LogP contribution in [-0.4, -0.2) is 31.1 Å². The smallest absolute Gasteiger partial charge is 0.220 e. The minimum absolute atomic E-state index is 0.102. The molecule has 0 saturated carbocycles. The van der Waals surface area contributed by atoms with Gasteiger partial charge < -0.3 is 20.1 Å². The molecule has 1 amide bonds. The summed E-state index contributed by atoms with van der Waals surface area (Å²) in [6, 6.07) is 11.1. The number of nitrogens with one attached hydrogen (secondary N) is 2. The second-order valence-corrected chi connectivity index (χ2v) is 6.79. The number of rotatable bonds is 8. The summed E-state index contributed by atoms with van der Waals surface area (Å²) in [5.41, 5.74) is 0.947. The zero-order valence-electron chi connectivity index (χ0n) is 15.7. The molecule has 0 unspecified atom stereocenters. The number of ether oxygens (including phenoxy) is 2. The summed E-state index contributed by atoms with van der Waals surface area (Å²) >= 11 is 0. The quantitative estimate of drug-likeness (QED) is 0.747. The standard InChI is InChI=1S/C21H27N3O3/c1-26-18-3-2-4-19(13-18)27-21-8-6-17(15-24-21)14-23-20(25)7-5-16-9-11-22-12-10-16/h2-4,6,8,13,15-16,22H,5,7,9-12,14H2,1H3,(H,23,25). The summed E-state index contributed by atoms with van der Waals surface area (Å²) < 4.78 is 10.9. The van der Waals surface area contributed by atoms with E-state index in [1.54, 1.807) is 25.4 Å². The Bertz CT molecular complexity index is 728. The van der Waals surface area contributed by atoms with Crippen molar-refractivity contribution in [2.75, 3.05) is 20.2 Å². The number of amides is 1. The van der Waals surface area contributed by atoms with Gasteiger partial charge in [0, 0.05) is 31.3 Å². The fourth-order valence-corrected chi connectivity index (χ4v) is 3.16. The van der Waals surface area contributed by atoms with E-state index in [1.165, 1.54) is 12.8 Å². The Labute approximate surface area is 160 Å². The van der Waals surface area contributed by atoms with E-state index in [-0.39, 0.29) is 5.91 Å². The highest BCUT2D eigenvalue weighted by Gasteiger charge is 2.14. The number of carbonyl (C=O) groups excluding carboxylic acids is 1. The molecule has 1 aliphatic heterocycles. The Kier molecular flexibility index (Phi) is 7.04. The summed E-state index contributed by atoms with van der Waals surface area (Å²) in [4.78, 5) is 16.3. The van der Waals surface area contributed by atoms with Crippen LogP contribution in [0.1, 0.15) is 31.2 Å². The Balaban J connectivity index is 1.42. The van der Waals surface area contributed by atoms with Crippen LogP contribution in [0, 0.1) is 5.92 Å². The third-order valence-electron chi connectivity index (χ3n) is 4.79. The lowest BCUT2D eigenvalue weighted by Gasteiger charge is -2.22. The van der Waals surface area contributed by atoms with Crippen molar-refractivity contribution in [1.82, 2.24) is 15.6 Å². The van der Waals surface area contributed by atoms with Crippen LogP contribution in [0.3, 0.4) is 0 Å². The summed E-state index contributed by atoms with van der Waals surface area (Å²) in [5.74, 6) is 2.68. The molecule has 1 saturated heterocycles. The van der Waals surface area contributed by atoms with Crippen LogP contribution in [0.15, 0.2) is 42.6 Å². The molecule has 1 aromatic heterocycles. The van der Waals surface area contributed by atoms with Crippen LogP contribution in [0.4, 0.5) is 0 Å². The maximum atomic E-state index is 12.0. The van der Waals surface area contributed by atoms with Crippen LogP contribution in [0.25, 0.3) is 0 Å². The number of hydrogen-bond donors (Lipinski definition) is 2. The minimum Gasteiger partial charge on any atom is -0.497 e. The SMILES string of the molecule is COc1cccc(Oc2ccc(CNC(=O)CCC3CCNCC3)cn2)c1. The summed E-state index contributed by atoms with van der Waals surface area (Å²) in [7, 11) is 1.62. The van der Waals surface area contributed by atoms with E-state index >= 15 is 0 Å². The molecule has 0 atom stereocenters. The molecule has 0 aliphatic carbocycles. The van der Waals surface area contributed by atoms with E-state index < -0.39 is 0 Å². The summed E-state index contributed by atoms with van der Waals surface area (Å²) in [5, 5.41) is 6.32. The average Bonchev–Trinajstić information content (AvgIpc) is 2.72. The van der Waals surface area contributed by atoms with Crippen molar-refractivity contribution in [1.29, 1.82) is 0 Å². The van der Waals surface area contributed by atoms with Crippen molar-refractivity contribution in [3.05, 3.63) is 48.2 Å². The number of hydrogen-bond acceptors (Lipinski definition) is 5. The Morgan fingerprint density at radius 1 is 1.22 bits per heavy atom. The highest BCUT2D eigenvalue weighted by Crippen LogP contribution is 2.23. The number of nitrogens with zero attached hydrogens (tertiary/aromatic N) is 1. The van der Waals surface area contributed by atoms with Crippen molar-refractivity contribution >= 4 is 5.91 Å². The van der Waals surface area contributed by atoms with Gasteiger partial charge in [-0.25, -0.2) is 4.98 Å². The van der Waals surface area contributed by atoms with Gasteiger partial charge >= 0.3 is 0 Å². The van der Waals surface area contributed by atoms with Crippen LogP contribution in [-0.2, 0) is 11.3 Å². The van der Waals surface area contributed by atoms with Gasteiger partial charge in [-0.15, -0.1) is 0 Å². The molecule has 6 heteroatoms. The largest absolute Gasteiger partial charge is 0.497 e. The first-order valence-electron chi connectivity index (χ1n) is 9.47. The monoisotopic (exact) mass is 369 g/mol. The van der Waals surface area contributed by atoms with Gasteiger partial charge in [0.15, 0.2) is 0 Å². The number of piperidine rings is 1. The Morgan fingerprint density at radius 2 is 2.04 bits per heavy atom. The van der Waals surface area contributed by atoms with E-state index in [1.807, 2.05) is 24.3 Å². The molecule has 1 aromatic carbocycles. The van der Waals surface area contributed by atoms with Crippen molar-refractivity contribution < 1.29 is 14.3 Å². The maximum Gasteiger partial charge on any atom is 0.220 e. The molecule has 0 bridgehead atoms. The van der Waals surface area contributed by atoms with Crippen molar-refractivity contribution in [3.8, 4) is 17.4 Å². The molecule has 27 heavy (non-hydrogen) atoms. The molecular formula is C21H27N3O3. The number of benzene rings is 1. The number of methoxy groups -OCH3 is 1. The first-order valence-corrected chi connectivity index (χ1v) is 9.47. The van der Waals surface area contributed by atoms with Crippen LogP contribution >= 0.6 is 0 Å². The van der Waals surface area contributed by atoms with Gasteiger partial charge in [-0.05, 0) is 56.0 Å². The lowest BCUT2D eigenvalue weighted by molar-refractivity contribution is -0.121. The summed E-state index contributed by atoms with van der Waals surface area (Å²) in [6.45, 7) is 2.63. The van der Waals surface area contributed by atoms with Gasteiger partial charge in [0.1, 0.15) is 11.5 Å². The second kappa shape index (κ2) is 9.92. The normalized spacial score (nSPS) is 14.6. The van der Waals surface area contributed by atoms with Gasteiger partial charge in [0.25, 0.3) is 0 Å². The predicted molar refractivity (Wildman–Crippen MR) is 104 cm³/mol. The lowest BCUT2D eigenvalue weighted by Crippen LogP contribution is -2.29. The molecule has 2 N–H and O–H groups in total. The molecule has 0 spiro atoms. The van der Waals surface area contributed by atoms with E-state index in [9.17, 15) is 4.79 Å².